The van der Waals surface area contributed by atoms with Gasteiger partial charge in [-0.1, -0.05) is 0 Å². The van der Waals surface area contributed by atoms with Crippen molar-refractivity contribution in [2.45, 2.75) is 18.5 Å². The Bertz CT molecular complexity index is 530. The summed E-state index contributed by atoms with van der Waals surface area (Å²) in [6.07, 6.45) is 3.26. The highest BCUT2D eigenvalue weighted by Crippen LogP contribution is 2.41. The van der Waals surface area contributed by atoms with Crippen molar-refractivity contribution in [3.05, 3.63) is 36.3 Å². The van der Waals surface area contributed by atoms with Gasteiger partial charge in [-0.3, -0.25) is 0 Å². The third kappa shape index (κ3) is 1.43. The van der Waals surface area contributed by atoms with Crippen LogP contribution in [0.15, 0.2) is 30.5 Å². The van der Waals surface area contributed by atoms with E-state index in [0.29, 0.717) is 12.1 Å². The number of aromatic nitrogens is 1. The van der Waals surface area contributed by atoms with E-state index in [9.17, 15) is 4.39 Å². The minimum absolute atomic E-state index is 0.162. The predicted octanol–water partition coefficient (Wildman–Crippen LogP) is 2.66. The SMILES string of the molecule is CN(C)C1CC1n1ccc2cc(F)ccc21. The van der Waals surface area contributed by atoms with Gasteiger partial charge in [0.15, 0.2) is 0 Å². The van der Waals surface area contributed by atoms with Crippen molar-refractivity contribution in [1.29, 1.82) is 0 Å². The third-order valence-electron chi connectivity index (χ3n) is 3.43. The van der Waals surface area contributed by atoms with Crippen molar-refractivity contribution < 1.29 is 4.39 Å². The zero-order chi connectivity index (χ0) is 11.3. The lowest BCUT2D eigenvalue weighted by Crippen LogP contribution is -2.17. The number of benzene rings is 1. The van der Waals surface area contributed by atoms with Gasteiger partial charge in [-0.2, -0.15) is 0 Å². The fourth-order valence-corrected chi connectivity index (χ4v) is 2.45. The standard InChI is InChI=1S/C13H15FN2/c1-15(2)12-8-13(12)16-6-5-9-7-10(14)3-4-11(9)16/h3-7,12-13H,8H2,1-2H3. The first-order valence-corrected chi connectivity index (χ1v) is 5.59. The molecule has 2 aromatic rings. The van der Waals surface area contributed by atoms with Crippen LogP contribution in [0.3, 0.4) is 0 Å². The minimum Gasteiger partial charge on any atom is -0.343 e. The lowest BCUT2D eigenvalue weighted by Gasteiger charge is -2.10. The highest BCUT2D eigenvalue weighted by atomic mass is 19.1. The maximum atomic E-state index is 13.1. The van der Waals surface area contributed by atoms with Gasteiger partial charge in [-0.25, -0.2) is 4.39 Å². The molecule has 1 fully saturated rings. The summed E-state index contributed by atoms with van der Waals surface area (Å²) in [7, 11) is 4.21. The Labute approximate surface area is 94.3 Å². The van der Waals surface area contributed by atoms with Crippen LogP contribution < -0.4 is 0 Å². The molecule has 16 heavy (non-hydrogen) atoms. The minimum atomic E-state index is -0.162. The summed E-state index contributed by atoms with van der Waals surface area (Å²) >= 11 is 0. The maximum absolute atomic E-state index is 13.1. The Kier molecular flexibility index (Phi) is 2.04. The van der Waals surface area contributed by atoms with Crippen LogP contribution in [0.5, 0.6) is 0 Å². The topological polar surface area (TPSA) is 8.17 Å². The smallest absolute Gasteiger partial charge is 0.123 e. The normalized spacial score (nSPS) is 24.2. The van der Waals surface area contributed by atoms with Gasteiger partial charge in [0.25, 0.3) is 0 Å². The number of hydrogen-bond acceptors (Lipinski definition) is 1. The summed E-state index contributed by atoms with van der Waals surface area (Å²) in [6, 6.07) is 8.17. The van der Waals surface area contributed by atoms with Crippen molar-refractivity contribution >= 4 is 10.9 Å². The first-order valence-electron chi connectivity index (χ1n) is 5.59. The largest absolute Gasteiger partial charge is 0.343 e. The van der Waals surface area contributed by atoms with E-state index < -0.39 is 0 Å². The number of hydrogen-bond donors (Lipinski definition) is 0. The quantitative estimate of drug-likeness (QED) is 0.752. The first kappa shape index (κ1) is 9.85. The molecule has 1 aromatic carbocycles. The van der Waals surface area contributed by atoms with E-state index in [1.807, 2.05) is 12.1 Å². The van der Waals surface area contributed by atoms with Crippen molar-refractivity contribution in [2.24, 2.45) is 0 Å². The molecule has 1 aromatic heterocycles. The van der Waals surface area contributed by atoms with Gasteiger partial charge < -0.3 is 9.47 Å². The summed E-state index contributed by atoms with van der Waals surface area (Å²) < 4.78 is 15.3. The number of nitrogens with zero attached hydrogens (tertiary/aromatic N) is 2. The molecule has 0 saturated heterocycles. The lowest BCUT2D eigenvalue weighted by molar-refractivity contribution is 0.377. The van der Waals surface area contributed by atoms with Crippen LogP contribution in [-0.2, 0) is 0 Å². The summed E-state index contributed by atoms with van der Waals surface area (Å²) in [5.41, 5.74) is 1.13. The molecule has 0 bridgehead atoms. The molecule has 2 nitrogen and oxygen atoms in total. The van der Waals surface area contributed by atoms with Gasteiger partial charge in [0.1, 0.15) is 5.82 Å². The zero-order valence-corrected chi connectivity index (χ0v) is 9.52. The summed E-state index contributed by atoms with van der Waals surface area (Å²) in [4.78, 5) is 2.25. The van der Waals surface area contributed by atoms with Crippen molar-refractivity contribution in [3.63, 3.8) is 0 Å². The monoisotopic (exact) mass is 218 g/mol. The second-order valence-electron chi connectivity index (χ2n) is 4.76. The molecule has 0 N–H and O–H groups in total. The van der Waals surface area contributed by atoms with Crippen LogP contribution in [-0.4, -0.2) is 29.6 Å². The van der Waals surface area contributed by atoms with Crippen LogP contribution in [0.25, 0.3) is 10.9 Å². The van der Waals surface area contributed by atoms with Gasteiger partial charge in [0, 0.05) is 23.1 Å². The van der Waals surface area contributed by atoms with Gasteiger partial charge in [-0.15, -0.1) is 0 Å². The molecule has 1 aliphatic rings. The molecular weight excluding hydrogens is 203 g/mol. The average Bonchev–Trinajstić information content (AvgIpc) is 2.93. The Morgan fingerprint density at radius 2 is 2.12 bits per heavy atom. The second-order valence-corrected chi connectivity index (χ2v) is 4.76. The third-order valence-corrected chi connectivity index (χ3v) is 3.43. The molecule has 0 aliphatic heterocycles. The van der Waals surface area contributed by atoms with Gasteiger partial charge in [0.05, 0.1) is 6.04 Å². The number of rotatable bonds is 2. The summed E-state index contributed by atoms with van der Waals surface area (Å²) in [6.45, 7) is 0. The van der Waals surface area contributed by atoms with E-state index in [2.05, 4.69) is 29.8 Å². The second kappa shape index (κ2) is 3.32. The van der Waals surface area contributed by atoms with Crippen molar-refractivity contribution in [2.75, 3.05) is 14.1 Å². The van der Waals surface area contributed by atoms with Crippen LogP contribution in [0, 0.1) is 5.82 Å². The molecule has 1 heterocycles. The molecule has 2 unspecified atom stereocenters. The Balaban J connectivity index is 2.00. The van der Waals surface area contributed by atoms with Crippen molar-refractivity contribution in [3.8, 4) is 0 Å². The molecule has 1 saturated carbocycles. The van der Waals surface area contributed by atoms with E-state index in [0.717, 1.165) is 10.9 Å². The molecular formula is C13H15FN2. The molecule has 84 valence electrons. The highest BCUT2D eigenvalue weighted by Gasteiger charge is 2.40. The van der Waals surface area contributed by atoms with Crippen LogP contribution in [0.4, 0.5) is 4.39 Å². The molecule has 3 heteroatoms. The number of likely N-dealkylation sites (N-methyl/N-ethyl adjacent to an activating group) is 1. The Hall–Kier alpha value is -1.35. The number of fused-ring (bicyclic) bond motifs is 1. The summed E-state index contributed by atoms with van der Waals surface area (Å²) in [5.74, 6) is -0.162. The van der Waals surface area contributed by atoms with Crippen LogP contribution in [0.1, 0.15) is 12.5 Å². The molecule has 2 atom stereocenters. The molecule has 0 radical (unpaired) electrons. The number of halogens is 1. The van der Waals surface area contributed by atoms with Gasteiger partial charge in [-0.05, 0) is 44.8 Å². The Morgan fingerprint density at radius 3 is 2.81 bits per heavy atom. The lowest BCUT2D eigenvalue weighted by atomic mass is 10.2. The fourth-order valence-electron chi connectivity index (χ4n) is 2.45. The fraction of sp³-hybridized carbons (Fsp3) is 0.385. The van der Waals surface area contributed by atoms with E-state index >= 15 is 0 Å². The van der Waals surface area contributed by atoms with E-state index in [4.69, 9.17) is 0 Å². The van der Waals surface area contributed by atoms with Gasteiger partial charge in [0.2, 0.25) is 0 Å². The maximum Gasteiger partial charge on any atom is 0.123 e. The molecule has 3 rings (SSSR count). The summed E-state index contributed by atoms with van der Waals surface area (Å²) in [5, 5.41) is 0.990. The van der Waals surface area contributed by atoms with Crippen molar-refractivity contribution in [1.82, 2.24) is 9.47 Å². The predicted molar refractivity (Wildman–Crippen MR) is 63.0 cm³/mol. The first-order chi connectivity index (χ1) is 7.66. The van der Waals surface area contributed by atoms with E-state index in [-0.39, 0.29) is 5.82 Å². The zero-order valence-electron chi connectivity index (χ0n) is 9.52. The average molecular weight is 218 g/mol. The molecule has 0 amide bonds. The van der Waals surface area contributed by atoms with Crippen LogP contribution in [0.2, 0.25) is 0 Å². The molecule has 1 aliphatic carbocycles. The molecule has 0 spiro atoms. The van der Waals surface area contributed by atoms with E-state index in [1.165, 1.54) is 12.5 Å². The van der Waals surface area contributed by atoms with Gasteiger partial charge >= 0.3 is 0 Å². The van der Waals surface area contributed by atoms with E-state index in [1.54, 1.807) is 6.07 Å². The highest BCUT2D eigenvalue weighted by molar-refractivity contribution is 5.80. The Morgan fingerprint density at radius 1 is 1.31 bits per heavy atom. The van der Waals surface area contributed by atoms with Crippen LogP contribution >= 0.6 is 0 Å².